The third kappa shape index (κ3) is 4.68. The minimum absolute atomic E-state index is 0.102. The highest BCUT2D eigenvalue weighted by atomic mass is 35.5. The number of rotatable bonds is 7. The predicted octanol–water partition coefficient (Wildman–Crippen LogP) is 5.06. The zero-order chi connectivity index (χ0) is 26.9. The lowest BCUT2D eigenvalue weighted by atomic mass is 9.94. The summed E-state index contributed by atoms with van der Waals surface area (Å²) in [5.74, 6) is -0.820. The first-order valence-electron chi connectivity index (χ1n) is 11.4. The molecule has 1 saturated heterocycles. The average Bonchev–Trinajstić information content (AvgIpc) is 3.17. The van der Waals surface area contributed by atoms with Crippen LogP contribution in [0.15, 0.2) is 66.2 Å². The van der Waals surface area contributed by atoms with Gasteiger partial charge < -0.3 is 24.2 Å². The van der Waals surface area contributed by atoms with Gasteiger partial charge in [0.1, 0.15) is 11.5 Å². The van der Waals surface area contributed by atoms with E-state index >= 15 is 0 Å². The fraction of sp³-hybridized carbons (Fsp3) is 0.214. The molecule has 1 amide bonds. The maximum absolute atomic E-state index is 13.5. The number of ether oxygens (including phenoxy) is 3. The summed E-state index contributed by atoms with van der Waals surface area (Å²) in [5.41, 5.74) is 2.04. The maximum atomic E-state index is 13.5. The van der Waals surface area contributed by atoms with Gasteiger partial charge in [0, 0.05) is 30.5 Å². The molecule has 1 aliphatic heterocycles. The van der Waals surface area contributed by atoms with Gasteiger partial charge in [-0.1, -0.05) is 17.7 Å². The van der Waals surface area contributed by atoms with E-state index in [-0.39, 0.29) is 11.1 Å². The quantitative estimate of drug-likeness (QED) is 0.263. The molecule has 192 valence electrons. The molecule has 0 aromatic heterocycles. The molecule has 3 aromatic rings. The van der Waals surface area contributed by atoms with E-state index in [0.29, 0.717) is 33.5 Å². The van der Waals surface area contributed by atoms with E-state index < -0.39 is 23.5 Å². The molecule has 0 aliphatic carbocycles. The highest BCUT2D eigenvalue weighted by molar-refractivity contribution is 6.51. The van der Waals surface area contributed by atoms with Crippen LogP contribution in [0.4, 0.5) is 11.4 Å². The van der Waals surface area contributed by atoms with Crippen LogP contribution in [0.5, 0.6) is 17.2 Å². The second kappa shape index (κ2) is 10.4. The molecule has 1 unspecified atom stereocenters. The molecule has 0 saturated carbocycles. The minimum atomic E-state index is -0.964. The van der Waals surface area contributed by atoms with E-state index in [9.17, 15) is 14.7 Å². The SMILES string of the molecule is COc1ccc(C2/C(=C(\O)c3cc(Cl)ccc3OC)C(=O)C(=O)N2c2ccc(N(C)C)cc2)cc1OC. The molecule has 1 heterocycles. The number of carbonyl (C=O) groups excluding carboxylic acids is 2. The Kier molecular flexibility index (Phi) is 7.31. The molecule has 1 N–H and O–H groups in total. The number of carbonyl (C=O) groups is 2. The Morgan fingerprint density at radius 3 is 2.08 bits per heavy atom. The normalized spacial score (nSPS) is 16.6. The van der Waals surface area contributed by atoms with Crippen LogP contribution in [0.3, 0.4) is 0 Å². The van der Waals surface area contributed by atoms with Gasteiger partial charge in [-0.3, -0.25) is 14.5 Å². The zero-order valence-corrected chi connectivity index (χ0v) is 21.9. The summed E-state index contributed by atoms with van der Waals surface area (Å²) in [6.07, 6.45) is 0. The lowest BCUT2D eigenvalue weighted by molar-refractivity contribution is -0.132. The molecule has 0 radical (unpaired) electrons. The van der Waals surface area contributed by atoms with E-state index in [0.717, 1.165) is 5.69 Å². The van der Waals surface area contributed by atoms with Crippen molar-refractivity contribution in [3.63, 3.8) is 0 Å². The van der Waals surface area contributed by atoms with Crippen molar-refractivity contribution < 1.29 is 28.9 Å². The second-order valence-electron chi connectivity index (χ2n) is 8.54. The number of aliphatic hydroxyl groups excluding tert-OH is 1. The molecule has 3 aromatic carbocycles. The van der Waals surface area contributed by atoms with E-state index in [2.05, 4.69) is 0 Å². The Bertz CT molecular complexity index is 1380. The molecule has 4 rings (SSSR count). The Morgan fingerprint density at radius 1 is 0.865 bits per heavy atom. The van der Waals surface area contributed by atoms with Gasteiger partial charge in [0.15, 0.2) is 11.5 Å². The lowest BCUT2D eigenvalue weighted by Crippen LogP contribution is -2.29. The first-order valence-corrected chi connectivity index (χ1v) is 11.7. The molecular formula is C28H27ClN2O6. The molecule has 9 heteroatoms. The molecule has 8 nitrogen and oxygen atoms in total. The highest BCUT2D eigenvalue weighted by Gasteiger charge is 2.47. The van der Waals surface area contributed by atoms with Gasteiger partial charge in [-0.25, -0.2) is 0 Å². The van der Waals surface area contributed by atoms with Crippen molar-refractivity contribution >= 4 is 40.4 Å². The van der Waals surface area contributed by atoms with Crippen LogP contribution in [0.2, 0.25) is 5.02 Å². The average molecular weight is 523 g/mol. The number of anilines is 2. The standard InChI is InChI=1S/C28H27ClN2O6/c1-30(2)18-8-10-19(11-9-18)31-25(16-6-12-22(36-4)23(14-16)37-5)24(27(33)28(31)34)26(32)20-15-17(29)7-13-21(20)35-3/h6-15,25,32H,1-5H3/b26-24+. The summed E-state index contributed by atoms with van der Waals surface area (Å²) < 4.78 is 16.2. The van der Waals surface area contributed by atoms with Gasteiger partial charge in [0.2, 0.25) is 0 Å². The fourth-order valence-electron chi connectivity index (χ4n) is 4.36. The number of Topliss-reactive ketones (excluding diaryl/α,β-unsaturated/α-hetero) is 1. The van der Waals surface area contributed by atoms with Crippen LogP contribution in [-0.4, -0.2) is 52.2 Å². The van der Waals surface area contributed by atoms with Gasteiger partial charge in [-0.05, 0) is 60.2 Å². The summed E-state index contributed by atoms with van der Waals surface area (Å²) in [5, 5.41) is 11.8. The van der Waals surface area contributed by atoms with E-state index in [1.165, 1.54) is 32.3 Å². The molecule has 0 spiro atoms. The van der Waals surface area contributed by atoms with Gasteiger partial charge in [0.05, 0.1) is 38.5 Å². The van der Waals surface area contributed by atoms with Crippen LogP contribution in [0, 0.1) is 0 Å². The Labute approximate surface area is 220 Å². The number of hydrogen-bond acceptors (Lipinski definition) is 7. The minimum Gasteiger partial charge on any atom is -0.507 e. The smallest absolute Gasteiger partial charge is 0.300 e. The Morgan fingerprint density at radius 2 is 1.49 bits per heavy atom. The summed E-state index contributed by atoms with van der Waals surface area (Å²) in [7, 11) is 8.26. The topological polar surface area (TPSA) is 88.5 Å². The zero-order valence-electron chi connectivity index (χ0n) is 21.1. The third-order valence-corrected chi connectivity index (χ3v) is 6.46. The van der Waals surface area contributed by atoms with Crippen LogP contribution in [0.25, 0.3) is 5.76 Å². The first kappa shape index (κ1) is 25.9. The number of aliphatic hydroxyl groups is 1. The van der Waals surface area contributed by atoms with E-state index in [1.807, 2.05) is 31.1 Å². The van der Waals surface area contributed by atoms with Crippen LogP contribution in [0.1, 0.15) is 17.2 Å². The van der Waals surface area contributed by atoms with Crippen molar-refractivity contribution in [1.82, 2.24) is 0 Å². The van der Waals surface area contributed by atoms with Crippen molar-refractivity contribution in [2.45, 2.75) is 6.04 Å². The lowest BCUT2D eigenvalue weighted by Gasteiger charge is -2.26. The first-order chi connectivity index (χ1) is 17.7. The number of ketones is 1. The molecule has 1 aliphatic rings. The molecule has 1 atom stereocenters. The van der Waals surface area contributed by atoms with Crippen molar-refractivity contribution in [2.24, 2.45) is 0 Å². The van der Waals surface area contributed by atoms with Crippen molar-refractivity contribution in [1.29, 1.82) is 0 Å². The summed E-state index contributed by atoms with van der Waals surface area (Å²) in [6.45, 7) is 0. The van der Waals surface area contributed by atoms with Gasteiger partial charge in [0.25, 0.3) is 11.7 Å². The van der Waals surface area contributed by atoms with Crippen molar-refractivity contribution in [3.8, 4) is 17.2 Å². The number of methoxy groups -OCH3 is 3. The van der Waals surface area contributed by atoms with Crippen LogP contribution in [-0.2, 0) is 9.59 Å². The Balaban J connectivity index is 1.98. The fourth-order valence-corrected chi connectivity index (χ4v) is 4.53. The molecular weight excluding hydrogens is 496 g/mol. The van der Waals surface area contributed by atoms with E-state index in [1.54, 1.807) is 42.5 Å². The summed E-state index contributed by atoms with van der Waals surface area (Å²) in [6, 6.07) is 16.0. The van der Waals surface area contributed by atoms with Gasteiger partial charge >= 0.3 is 0 Å². The number of nitrogens with zero attached hydrogens (tertiary/aromatic N) is 2. The maximum Gasteiger partial charge on any atom is 0.300 e. The van der Waals surface area contributed by atoms with Crippen LogP contribution >= 0.6 is 11.6 Å². The van der Waals surface area contributed by atoms with Crippen LogP contribution < -0.4 is 24.0 Å². The second-order valence-corrected chi connectivity index (χ2v) is 8.98. The monoisotopic (exact) mass is 522 g/mol. The molecule has 0 bridgehead atoms. The summed E-state index contributed by atoms with van der Waals surface area (Å²) >= 11 is 6.19. The van der Waals surface area contributed by atoms with Gasteiger partial charge in [-0.2, -0.15) is 0 Å². The number of hydrogen-bond donors (Lipinski definition) is 1. The number of benzene rings is 3. The summed E-state index contributed by atoms with van der Waals surface area (Å²) in [4.78, 5) is 30.2. The van der Waals surface area contributed by atoms with Gasteiger partial charge in [-0.15, -0.1) is 0 Å². The predicted molar refractivity (Wildman–Crippen MR) is 143 cm³/mol. The van der Waals surface area contributed by atoms with E-state index in [4.69, 9.17) is 25.8 Å². The highest BCUT2D eigenvalue weighted by Crippen LogP contribution is 2.45. The number of amides is 1. The van der Waals surface area contributed by atoms with Crippen molar-refractivity contribution in [3.05, 3.63) is 82.4 Å². The van der Waals surface area contributed by atoms with Crippen molar-refractivity contribution in [2.75, 3.05) is 45.2 Å². The molecule has 1 fully saturated rings. The Hall–Kier alpha value is -4.17. The molecule has 37 heavy (non-hydrogen) atoms. The largest absolute Gasteiger partial charge is 0.507 e. The number of halogens is 1. The third-order valence-electron chi connectivity index (χ3n) is 6.23.